The molecule has 144 valence electrons. The van der Waals surface area contributed by atoms with Gasteiger partial charge in [-0.15, -0.1) is 0 Å². The predicted molar refractivity (Wildman–Crippen MR) is 104 cm³/mol. The second-order valence-electron chi connectivity index (χ2n) is 6.27. The van der Waals surface area contributed by atoms with Crippen LogP contribution in [0, 0.1) is 0 Å². The molecule has 1 N–H and O–H groups in total. The molecule has 0 aliphatic carbocycles. The number of hydrogen-bond acceptors (Lipinski definition) is 7. The van der Waals surface area contributed by atoms with Gasteiger partial charge in [-0.2, -0.15) is 0 Å². The highest BCUT2D eigenvalue weighted by Gasteiger charge is 2.19. The van der Waals surface area contributed by atoms with Gasteiger partial charge in [0.15, 0.2) is 11.6 Å². The van der Waals surface area contributed by atoms with Gasteiger partial charge in [-0.25, -0.2) is 4.98 Å². The predicted octanol–water partition coefficient (Wildman–Crippen LogP) is 2.15. The van der Waals surface area contributed by atoms with Gasteiger partial charge in [-0.05, 0) is 24.3 Å². The van der Waals surface area contributed by atoms with Crippen molar-refractivity contribution in [3.63, 3.8) is 0 Å². The van der Waals surface area contributed by atoms with Gasteiger partial charge in [0.1, 0.15) is 17.0 Å². The van der Waals surface area contributed by atoms with Crippen LogP contribution in [-0.4, -0.2) is 42.9 Å². The summed E-state index contributed by atoms with van der Waals surface area (Å²) in [6.07, 6.45) is 6.17. The Morgan fingerprint density at radius 3 is 2.66 bits per heavy atom. The van der Waals surface area contributed by atoms with Crippen LogP contribution in [0.3, 0.4) is 0 Å². The first-order chi connectivity index (χ1) is 14.1. The maximum Gasteiger partial charge on any atom is 0.264 e. The van der Waals surface area contributed by atoms with Crippen molar-refractivity contribution >= 4 is 5.91 Å². The Morgan fingerprint density at radius 2 is 1.93 bits per heavy atom. The molecule has 0 unspecified atom stereocenters. The summed E-state index contributed by atoms with van der Waals surface area (Å²) in [6.45, 7) is 0.151. The molecule has 0 saturated heterocycles. The van der Waals surface area contributed by atoms with E-state index in [2.05, 4.69) is 25.1 Å². The quantitative estimate of drug-likeness (QED) is 0.556. The van der Waals surface area contributed by atoms with Crippen molar-refractivity contribution in [2.45, 2.75) is 6.54 Å². The number of H-pyrrole nitrogens is 1. The molecule has 1 amide bonds. The minimum absolute atomic E-state index is 0.0685. The lowest BCUT2D eigenvalue weighted by Crippen LogP contribution is -2.31. The second kappa shape index (κ2) is 7.85. The summed E-state index contributed by atoms with van der Waals surface area (Å²) < 4.78 is 5.31. The molecule has 0 fully saturated rings. The highest BCUT2D eigenvalue weighted by Crippen LogP contribution is 2.19. The zero-order valence-corrected chi connectivity index (χ0v) is 15.4. The molecule has 4 heterocycles. The Morgan fingerprint density at radius 1 is 1.10 bits per heavy atom. The molecule has 9 nitrogen and oxygen atoms in total. The minimum atomic E-state index is -0.535. The van der Waals surface area contributed by atoms with E-state index >= 15 is 0 Å². The van der Waals surface area contributed by atoms with E-state index in [-0.39, 0.29) is 12.1 Å². The van der Waals surface area contributed by atoms with Crippen molar-refractivity contribution in [2.75, 3.05) is 7.05 Å². The molecule has 4 aromatic heterocycles. The van der Waals surface area contributed by atoms with Crippen molar-refractivity contribution in [3.05, 3.63) is 82.9 Å². The molecular formula is C20H16N6O3. The van der Waals surface area contributed by atoms with E-state index in [1.165, 1.54) is 11.1 Å². The largest absolute Gasteiger partial charge is 0.359 e. The van der Waals surface area contributed by atoms with E-state index in [1.807, 2.05) is 12.1 Å². The number of carbonyl (C=O) groups is 1. The third-order valence-corrected chi connectivity index (χ3v) is 4.21. The van der Waals surface area contributed by atoms with Crippen LogP contribution in [-0.2, 0) is 6.54 Å². The number of nitrogens with one attached hydrogen (secondary N) is 1. The van der Waals surface area contributed by atoms with Crippen LogP contribution in [0.25, 0.3) is 22.8 Å². The number of nitrogens with zero attached hydrogens (tertiary/aromatic N) is 5. The lowest BCUT2D eigenvalue weighted by Gasteiger charge is -2.14. The number of pyridine rings is 2. The molecular weight excluding hydrogens is 372 g/mol. The van der Waals surface area contributed by atoms with E-state index in [0.717, 1.165) is 5.56 Å². The van der Waals surface area contributed by atoms with E-state index in [4.69, 9.17) is 4.52 Å². The van der Waals surface area contributed by atoms with Crippen LogP contribution in [0.2, 0.25) is 0 Å². The van der Waals surface area contributed by atoms with Gasteiger partial charge in [0.25, 0.3) is 11.5 Å². The zero-order chi connectivity index (χ0) is 20.2. The van der Waals surface area contributed by atoms with E-state index < -0.39 is 11.5 Å². The van der Waals surface area contributed by atoms with Gasteiger partial charge >= 0.3 is 0 Å². The number of hydrogen-bond donors (Lipinski definition) is 1. The molecule has 0 aliphatic rings. The molecule has 0 radical (unpaired) electrons. The Labute approximate surface area is 165 Å². The Bertz CT molecular complexity index is 1190. The molecule has 4 rings (SSSR count). The monoisotopic (exact) mass is 388 g/mol. The molecule has 9 heteroatoms. The fraction of sp³-hybridized carbons (Fsp3) is 0.100. The molecule has 4 aromatic rings. The normalized spacial score (nSPS) is 10.7. The van der Waals surface area contributed by atoms with Crippen molar-refractivity contribution in [1.82, 2.24) is 30.0 Å². The van der Waals surface area contributed by atoms with Crippen LogP contribution in [0.15, 0.2) is 70.5 Å². The molecule has 0 aliphatic heterocycles. The first kappa shape index (κ1) is 18.2. The third kappa shape index (κ3) is 3.93. The summed E-state index contributed by atoms with van der Waals surface area (Å²) in [7, 11) is 1.57. The molecule has 0 bridgehead atoms. The number of aromatic amines is 1. The minimum Gasteiger partial charge on any atom is -0.359 e. The average Bonchev–Trinajstić information content (AvgIpc) is 3.23. The summed E-state index contributed by atoms with van der Waals surface area (Å²) in [6, 6.07) is 10.6. The third-order valence-electron chi connectivity index (χ3n) is 4.21. The maximum absolute atomic E-state index is 12.7. The molecule has 29 heavy (non-hydrogen) atoms. The maximum atomic E-state index is 12.7. The lowest BCUT2D eigenvalue weighted by atomic mass is 10.2. The molecule has 0 atom stereocenters. The summed E-state index contributed by atoms with van der Waals surface area (Å²) in [4.78, 5) is 41.3. The zero-order valence-electron chi connectivity index (χ0n) is 15.4. The number of aromatic nitrogens is 5. The number of carbonyl (C=O) groups excluding carboxylic acids is 1. The molecule has 0 spiro atoms. The fourth-order valence-electron chi connectivity index (χ4n) is 2.74. The van der Waals surface area contributed by atoms with Gasteiger partial charge < -0.3 is 14.4 Å². The van der Waals surface area contributed by atoms with Crippen molar-refractivity contribution in [2.24, 2.45) is 0 Å². The van der Waals surface area contributed by atoms with Crippen molar-refractivity contribution in [3.8, 4) is 22.8 Å². The van der Waals surface area contributed by atoms with Crippen LogP contribution in [0.1, 0.15) is 16.1 Å². The average molecular weight is 388 g/mol. The molecule has 0 saturated carbocycles. The summed E-state index contributed by atoms with van der Waals surface area (Å²) in [5.74, 6) is 0.308. The first-order valence-corrected chi connectivity index (χ1v) is 8.74. The Balaban J connectivity index is 1.50. The van der Waals surface area contributed by atoms with Gasteiger partial charge in [0.05, 0.1) is 6.54 Å². The highest BCUT2D eigenvalue weighted by molar-refractivity contribution is 5.93. The lowest BCUT2D eigenvalue weighted by molar-refractivity contribution is 0.0770. The number of rotatable bonds is 5. The molecule has 0 aromatic carbocycles. The van der Waals surface area contributed by atoms with Crippen molar-refractivity contribution in [1.29, 1.82) is 0 Å². The van der Waals surface area contributed by atoms with Crippen LogP contribution in [0.5, 0.6) is 0 Å². The smallest absolute Gasteiger partial charge is 0.264 e. The Hall–Kier alpha value is -4.14. The van der Waals surface area contributed by atoms with Crippen LogP contribution < -0.4 is 5.56 Å². The van der Waals surface area contributed by atoms with E-state index in [1.54, 1.807) is 49.9 Å². The van der Waals surface area contributed by atoms with Gasteiger partial charge in [0.2, 0.25) is 0 Å². The van der Waals surface area contributed by atoms with Crippen LogP contribution >= 0.6 is 0 Å². The van der Waals surface area contributed by atoms with E-state index in [9.17, 15) is 9.59 Å². The van der Waals surface area contributed by atoms with Crippen LogP contribution in [0.4, 0.5) is 0 Å². The Kier molecular flexibility index (Phi) is 4.93. The second-order valence-corrected chi connectivity index (χ2v) is 6.27. The van der Waals surface area contributed by atoms with E-state index in [0.29, 0.717) is 23.0 Å². The van der Waals surface area contributed by atoms with Gasteiger partial charge in [-0.3, -0.25) is 19.6 Å². The van der Waals surface area contributed by atoms with Crippen molar-refractivity contribution < 1.29 is 9.32 Å². The summed E-state index contributed by atoms with van der Waals surface area (Å²) in [5, 5.41) is 4.01. The van der Waals surface area contributed by atoms with Gasteiger partial charge in [0, 0.05) is 43.5 Å². The topological polar surface area (TPSA) is 118 Å². The number of amides is 1. The first-order valence-electron chi connectivity index (χ1n) is 8.74. The highest BCUT2D eigenvalue weighted by atomic mass is 16.5. The standard InChI is InChI=1S/C20H16N6O3/c1-26(12-14-10-17(25-29-14)13-5-8-21-9-6-13)20(28)15-11-23-18(24-19(15)27)16-4-2-3-7-22-16/h2-11H,12H2,1H3,(H,23,24,27). The summed E-state index contributed by atoms with van der Waals surface area (Å²) in [5.41, 5.74) is 1.41. The van der Waals surface area contributed by atoms with Gasteiger partial charge in [-0.1, -0.05) is 11.2 Å². The summed E-state index contributed by atoms with van der Waals surface area (Å²) >= 11 is 0. The SMILES string of the molecule is CN(Cc1cc(-c2ccncc2)no1)C(=O)c1cnc(-c2ccccn2)[nH]c1=O. The fourth-order valence-corrected chi connectivity index (χ4v) is 2.74.